The number of alkyl carbamates (subject to hydrolysis) is 1. The molecular formula is C28H30Cl2F2N3O9S2+. The molecule has 4 rings (SSSR count). The molecule has 0 radical (unpaired) electrons. The number of aromatic nitrogens is 1. The number of rotatable bonds is 14. The number of carbonyl (C=O) groups excluding carboxylic acids is 1. The summed E-state index contributed by atoms with van der Waals surface area (Å²) in [5, 5.41) is 12.4. The van der Waals surface area contributed by atoms with Gasteiger partial charge in [0.15, 0.2) is 11.5 Å². The molecule has 1 atom stereocenters. The SMILES string of the molecule is CS(=O)(=O)N(c1ccc(CNC(=O)O[C@@H](Cc2c(Cl)c[n+](O)cc2Cl)c2ccc(OC(F)F)c(OCC3CC3)c2)cc1)S(C)(=O)=O. The third-order valence-corrected chi connectivity index (χ3v) is 10.5. The number of hydrogen-bond donors (Lipinski definition) is 2. The number of hydrogen-bond acceptors (Lipinski definition) is 9. The van der Waals surface area contributed by atoms with Crippen molar-refractivity contribution in [1.29, 1.82) is 0 Å². The van der Waals surface area contributed by atoms with Crippen LogP contribution in [0.25, 0.3) is 0 Å². The first-order chi connectivity index (χ1) is 21.5. The number of nitrogens with zero attached hydrogens (tertiary/aromatic N) is 2. The van der Waals surface area contributed by atoms with Crippen molar-refractivity contribution in [1.82, 2.24) is 5.32 Å². The molecule has 0 unspecified atom stereocenters. The Bertz CT molecular complexity index is 1740. The van der Waals surface area contributed by atoms with Crippen molar-refractivity contribution in [3.63, 3.8) is 0 Å². The van der Waals surface area contributed by atoms with Crippen LogP contribution >= 0.6 is 23.2 Å². The van der Waals surface area contributed by atoms with Crippen LogP contribution in [0.4, 0.5) is 19.3 Å². The number of halogens is 4. The third-order valence-electron chi connectivity index (χ3n) is 6.62. The van der Waals surface area contributed by atoms with Gasteiger partial charge in [-0.1, -0.05) is 41.4 Å². The van der Waals surface area contributed by atoms with E-state index in [1.165, 1.54) is 54.9 Å². The van der Waals surface area contributed by atoms with Crippen molar-refractivity contribution in [2.75, 3.05) is 22.8 Å². The van der Waals surface area contributed by atoms with Crippen molar-refractivity contribution in [2.45, 2.75) is 38.5 Å². The van der Waals surface area contributed by atoms with E-state index in [0.717, 1.165) is 25.4 Å². The molecule has 0 bridgehead atoms. The van der Waals surface area contributed by atoms with Crippen LogP contribution in [0.3, 0.4) is 0 Å². The Morgan fingerprint density at radius 3 is 2.17 bits per heavy atom. The van der Waals surface area contributed by atoms with Gasteiger partial charge >= 0.3 is 12.7 Å². The molecule has 12 nitrogen and oxygen atoms in total. The standard InChI is InChI=1S/C28H29Cl2F2N3O9S2/c1-45(38,39)35(46(2,40)41)20-8-5-17(6-9-20)13-33-28(36)44-25(12-21-22(29)14-34(37)15-23(21)30)19-7-10-24(43-27(31)32)26(11-19)42-16-18-3-4-18/h5-11,14-15,18,25,27H,3-4,12-13,16H2,1-2H3,(H-,33,36,37)/p+1/t25-/m0/s1. The van der Waals surface area contributed by atoms with Gasteiger partial charge in [-0.05, 0) is 54.2 Å². The number of amides is 1. The number of sulfonamides is 2. The van der Waals surface area contributed by atoms with Crippen molar-refractivity contribution in [3.8, 4) is 11.5 Å². The van der Waals surface area contributed by atoms with Gasteiger partial charge in [0.2, 0.25) is 32.4 Å². The molecule has 2 N–H and O–H groups in total. The Balaban J connectivity index is 1.56. The Labute approximate surface area is 274 Å². The van der Waals surface area contributed by atoms with Crippen LogP contribution in [-0.2, 0) is 37.7 Å². The minimum atomic E-state index is -4.14. The van der Waals surface area contributed by atoms with Crippen molar-refractivity contribution < 1.29 is 54.6 Å². The lowest BCUT2D eigenvalue weighted by molar-refractivity contribution is -0.904. The van der Waals surface area contributed by atoms with Crippen molar-refractivity contribution >= 4 is 55.0 Å². The highest BCUT2D eigenvalue weighted by molar-refractivity contribution is 8.09. The molecule has 18 heteroatoms. The summed E-state index contributed by atoms with van der Waals surface area (Å²) in [5.74, 6) is 0.117. The maximum atomic E-state index is 13.1. The topological polar surface area (TPSA) is 152 Å². The molecule has 1 aliphatic carbocycles. The monoisotopic (exact) mass is 724 g/mol. The molecule has 2 aromatic carbocycles. The van der Waals surface area contributed by atoms with Gasteiger partial charge in [-0.3, -0.25) is 5.21 Å². The highest BCUT2D eigenvalue weighted by Crippen LogP contribution is 2.38. The fourth-order valence-corrected chi connectivity index (χ4v) is 7.96. The van der Waals surface area contributed by atoms with Crippen LogP contribution in [0, 0.1) is 5.92 Å². The van der Waals surface area contributed by atoms with Gasteiger partial charge in [0.25, 0.3) is 0 Å². The molecule has 1 heterocycles. The highest BCUT2D eigenvalue weighted by Gasteiger charge is 2.28. The van der Waals surface area contributed by atoms with Gasteiger partial charge < -0.3 is 19.5 Å². The van der Waals surface area contributed by atoms with Gasteiger partial charge in [-0.2, -0.15) is 12.5 Å². The summed E-state index contributed by atoms with van der Waals surface area (Å²) in [6, 6.07) is 9.50. The smallest absolute Gasteiger partial charge is 0.408 e. The number of alkyl halides is 2. The van der Waals surface area contributed by atoms with Gasteiger partial charge in [-0.25, -0.2) is 21.6 Å². The lowest BCUT2D eigenvalue weighted by Gasteiger charge is -2.21. The second kappa shape index (κ2) is 14.4. The average Bonchev–Trinajstić information content (AvgIpc) is 3.76. The third kappa shape index (κ3) is 9.70. The zero-order valence-corrected chi connectivity index (χ0v) is 27.5. The first-order valence-corrected chi connectivity index (χ1v) is 18.0. The Hall–Kier alpha value is -3.60. The quantitative estimate of drug-likeness (QED) is 0.176. The summed E-state index contributed by atoms with van der Waals surface area (Å²) in [4.78, 5) is 13.0. The number of nitrogens with one attached hydrogen (secondary N) is 1. The van der Waals surface area contributed by atoms with E-state index in [1.54, 1.807) is 0 Å². The Morgan fingerprint density at radius 2 is 1.63 bits per heavy atom. The van der Waals surface area contributed by atoms with E-state index in [9.17, 15) is 35.6 Å². The van der Waals surface area contributed by atoms with E-state index in [-0.39, 0.29) is 50.5 Å². The predicted molar refractivity (Wildman–Crippen MR) is 164 cm³/mol. The van der Waals surface area contributed by atoms with E-state index in [4.69, 9.17) is 32.7 Å². The van der Waals surface area contributed by atoms with Crippen molar-refractivity contribution in [3.05, 3.63) is 81.6 Å². The van der Waals surface area contributed by atoms with Crippen LogP contribution in [-0.4, -0.2) is 53.9 Å². The minimum absolute atomic E-state index is 0.0227. The number of benzene rings is 2. The van der Waals surface area contributed by atoms with Crippen LogP contribution in [0.1, 0.15) is 35.6 Å². The maximum absolute atomic E-state index is 13.1. The first-order valence-electron chi connectivity index (χ1n) is 13.5. The number of ether oxygens (including phenoxy) is 3. The second-order valence-corrected chi connectivity index (χ2v) is 15.2. The summed E-state index contributed by atoms with van der Waals surface area (Å²) in [7, 11) is -8.28. The summed E-state index contributed by atoms with van der Waals surface area (Å²) < 4.78 is 91.4. The van der Waals surface area contributed by atoms with E-state index < -0.39 is 38.9 Å². The first kappa shape index (κ1) is 35.3. The molecule has 3 aromatic rings. The largest absolute Gasteiger partial charge is 0.489 e. The van der Waals surface area contributed by atoms with Gasteiger partial charge in [-0.15, -0.1) is 0 Å². The van der Waals surface area contributed by atoms with Gasteiger partial charge in [0.1, 0.15) is 16.1 Å². The van der Waals surface area contributed by atoms with Crippen LogP contribution in [0.2, 0.25) is 10.0 Å². The molecule has 1 amide bonds. The summed E-state index contributed by atoms with van der Waals surface area (Å²) in [6.07, 6.45) is 3.69. The predicted octanol–water partition coefficient (Wildman–Crippen LogP) is 4.84. The fraction of sp³-hybridized carbons (Fsp3) is 0.357. The highest BCUT2D eigenvalue weighted by atomic mass is 35.5. The summed E-state index contributed by atoms with van der Waals surface area (Å²) in [5.41, 5.74) is 1.01. The zero-order chi connectivity index (χ0) is 33.8. The molecule has 1 fully saturated rings. The molecule has 1 aliphatic rings. The molecule has 1 aromatic heterocycles. The molecule has 0 spiro atoms. The Morgan fingerprint density at radius 1 is 1.02 bits per heavy atom. The fourth-order valence-electron chi connectivity index (χ4n) is 4.38. The zero-order valence-electron chi connectivity index (χ0n) is 24.4. The average molecular weight is 726 g/mol. The number of anilines is 1. The summed E-state index contributed by atoms with van der Waals surface area (Å²) >= 11 is 12.6. The molecule has 0 saturated heterocycles. The minimum Gasteiger partial charge on any atom is -0.489 e. The van der Waals surface area contributed by atoms with E-state index >= 15 is 0 Å². The van der Waals surface area contributed by atoms with E-state index in [2.05, 4.69) is 10.1 Å². The van der Waals surface area contributed by atoms with Crippen LogP contribution in [0.15, 0.2) is 54.9 Å². The number of carbonyl (C=O) groups is 1. The molecule has 0 aliphatic heterocycles. The van der Waals surface area contributed by atoms with Crippen molar-refractivity contribution in [2.24, 2.45) is 5.92 Å². The molecule has 46 heavy (non-hydrogen) atoms. The second-order valence-electron chi connectivity index (χ2n) is 10.5. The van der Waals surface area contributed by atoms with Crippen LogP contribution < -0.4 is 23.2 Å². The lowest BCUT2D eigenvalue weighted by Crippen LogP contribution is -2.35. The Kier molecular flexibility index (Phi) is 11.1. The van der Waals surface area contributed by atoms with E-state index in [0.29, 0.717) is 27.3 Å². The summed E-state index contributed by atoms with van der Waals surface area (Å²) in [6.45, 7) is -2.92. The van der Waals surface area contributed by atoms with Crippen LogP contribution in [0.5, 0.6) is 11.5 Å². The maximum Gasteiger partial charge on any atom is 0.408 e. The van der Waals surface area contributed by atoms with Gasteiger partial charge in [0.05, 0.1) is 24.8 Å². The van der Waals surface area contributed by atoms with Gasteiger partial charge in [0, 0.05) is 23.3 Å². The van der Waals surface area contributed by atoms with E-state index in [1.807, 2.05) is 0 Å². The number of pyridine rings is 1. The lowest BCUT2D eigenvalue weighted by atomic mass is 10.0. The molecular weight excluding hydrogens is 695 g/mol. The normalized spacial score (nSPS) is 14.1. The molecule has 1 saturated carbocycles. The molecule has 250 valence electrons.